The maximum absolute atomic E-state index is 11.6. The largest absolute Gasteiger partial charge is 0.386 e. The van der Waals surface area contributed by atoms with Crippen LogP contribution in [0.2, 0.25) is 0 Å². The van der Waals surface area contributed by atoms with Crippen molar-refractivity contribution in [3.8, 4) is 0 Å². The van der Waals surface area contributed by atoms with E-state index >= 15 is 0 Å². The number of rotatable bonds is 4. The standard InChI is InChI=1S/C11H16N2O4S/c1-18(15,16)9-3-2-5-12-10(9)13-7-11(14)4-6-17-8-11/h2-3,5,14H,4,6-8H2,1H3,(H,12,13). The fourth-order valence-electron chi connectivity index (χ4n) is 1.81. The fourth-order valence-corrected chi connectivity index (χ4v) is 2.61. The molecule has 0 bridgehead atoms. The van der Waals surface area contributed by atoms with Crippen molar-refractivity contribution in [2.24, 2.45) is 0 Å². The predicted octanol–water partition coefficient (Wildman–Crippen LogP) is 0.0484. The molecular formula is C11H16N2O4S. The number of sulfone groups is 1. The molecule has 0 aliphatic carbocycles. The number of nitrogens with one attached hydrogen (secondary N) is 1. The zero-order valence-corrected chi connectivity index (χ0v) is 10.9. The van der Waals surface area contributed by atoms with Crippen molar-refractivity contribution in [3.05, 3.63) is 18.3 Å². The molecule has 0 amide bonds. The molecule has 6 nitrogen and oxygen atoms in total. The molecule has 1 saturated heterocycles. The number of aromatic nitrogens is 1. The van der Waals surface area contributed by atoms with Crippen LogP contribution in [-0.2, 0) is 14.6 Å². The number of ether oxygens (including phenoxy) is 1. The molecule has 0 spiro atoms. The molecular weight excluding hydrogens is 256 g/mol. The summed E-state index contributed by atoms with van der Waals surface area (Å²) in [5.74, 6) is 0.264. The van der Waals surface area contributed by atoms with E-state index in [1.165, 1.54) is 12.3 Å². The maximum Gasteiger partial charge on any atom is 0.179 e. The Bertz CT molecular complexity index is 524. The average molecular weight is 272 g/mol. The number of nitrogens with zero attached hydrogens (tertiary/aromatic N) is 1. The number of hydrogen-bond donors (Lipinski definition) is 2. The second kappa shape index (κ2) is 4.83. The first kappa shape index (κ1) is 13.3. The van der Waals surface area contributed by atoms with E-state index in [-0.39, 0.29) is 23.9 Å². The summed E-state index contributed by atoms with van der Waals surface area (Å²) in [5, 5.41) is 13.0. The van der Waals surface area contributed by atoms with E-state index in [0.717, 1.165) is 6.26 Å². The van der Waals surface area contributed by atoms with Crippen LogP contribution in [0.15, 0.2) is 23.2 Å². The highest BCUT2D eigenvalue weighted by molar-refractivity contribution is 7.90. The van der Waals surface area contributed by atoms with Crippen LogP contribution in [0.4, 0.5) is 5.82 Å². The van der Waals surface area contributed by atoms with Crippen molar-refractivity contribution >= 4 is 15.7 Å². The second-order valence-corrected chi connectivity index (χ2v) is 6.49. The smallest absolute Gasteiger partial charge is 0.179 e. The summed E-state index contributed by atoms with van der Waals surface area (Å²) in [7, 11) is -3.34. The Morgan fingerprint density at radius 2 is 2.39 bits per heavy atom. The van der Waals surface area contributed by atoms with Gasteiger partial charge in [-0.2, -0.15) is 0 Å². The van der Waals surface area contributed by atoms with Gasteiger partial charge in [-0.05, 0) is 12.1 Å². The molecule has 0 aromatic carbocycles. The molecule has 0 saturated carbocycles. The summed E-state index contributed by atoms with van der Waals surface area (Å²) in [6.07, 6.45) is 3.16. The summed E-state index contributed by atoms with van der Waals surface area (Å²) in [6.45, 7) is 0.979. The lowest BCUT2D eigenvalue weighted by Crippen LogP contribution is -2.37. The van der Waals surface area contributed by atoms with Gasteiger partial charge in [-0.15, -0.1) is 0 Å². The fraction of sp³-hybridized carbons (Fsp3) is 0.545. The predicted molar refractivity (Wildman–Crippen MR) is 66.2 cm³/mol. The summed E-state index contributed by atoms with van der Waals surface area (Å²) >= 11 is 0. The first-order valence-corrected chi connectivity index (χ1v) is 7.49. The second-order valence-electron chi connectivity index (χ2n) is 4.50. The highest BCUT2D eigenvalue weighted by Gasteiger charge is 2.32. The minimum absolute atomic E-state index is 0.132. The molecule has 2 heterocycles. The molecule has 1 atom stereocenters. The number of hydrogen-bond acceptors (Lipinski definition) is 6. The Kier molecular flexibility index (Phi) is 3.56. The highest BCUT2D eigenvalue weighted by Crippen LogP contribution is 2.22. The minimum Gasteiger partial charge on any atom is -0.386 e. The molecule has 1 aromatic rings. The first-order valence-electron chi connectivity index (χ1n) is 5.60. The van der Waals surface area contributed by atoms with E-state index < -0.39 is 15.4 Å². The molecule has 1 aliphatic heterocycles. The van der Waals surface area contributed by atoms with Crippen molar-refractivity contribution in [2.45, 2.75) is 16.9 Å². The SMILES string of the molecule is CS(=O)(=O)c1cccnc1NCC1(O)CCOC1. The zero-order chi connectivity index (χ0) is 13.2. The van der Waals surface area contributed by atoms with Gasteiger partial charge >= 0.3 is 0 Å². The third kappa shape index (κ3) is 2.98. The van der Waals surface area contributed by atoms with E-state index in [2.05, 4.69) is 10.3 Å². The monoisotopic (exact) mass is 272 g/mol. The van der Waals surface area contributed by atoms with Crippen molar-refractivity contribution in [1.82, 2.24) is 4.98 Å². The maximum atomic E-state index is 11.6. The Hall–Kier alpha value is -1.18. The topological polar surface area (TPSA) is 88.5 Å². The molecule has 100 valence electrons. The van der Waals surface area contributed by atoms with Crippen molar-refractivity contribution in [3.63, 3.8) is 0 Å². The van der Waals surface area contributed by atoms with Crippen LogP contribution in [0, 0.1) is 0 Å². The normalized spacial score (nSPS) is 24.1. The minimum atomic E-state index is -3.34. The van der Waals surface area contributed by atoms with Crippen LogP contribution in [0.3, 0.4) is 0 Å². The van der Waals surface area contributed by atoms with E-state index in [1.54, 1.807) is 6.07 Å². The van der Waals surface area contributed by atoms with Crippen molar-refractivity contribution in [2.75, 3.05) is 31.3 Å². The van der Waals surface area contributed by atoms with Crippen LogP contribution < -0.4 is 5.32 Å². The Balaban J connectivity index is 2.15. The lowest BCUT2D eigenvalue weighted by Gasteiger charge is -2.21. The third-order valence-corrected chi connectivity index (χ3v) is 3.97. The van der Waals surface area contributed by atoms with Gasteiger partial charge in [-0.1, -0.05) is 0 Å². The van der Waals surface area contributed by atoms with Gasteiger partial charge in [0.15, 0.2) is 9.84 Å². The van der Waals surface area contributed by atoms with Crippen LogP contribution in [0.1, 0.15) is 6.42 Å². The molecule has 2 N–H and O–H groups in total. The van der Waals surface area contributed by atoms with Crippen LogP contribution in [-0.4, -0.2) is 50.1 Å². The molecule has 1 aliphatic rings. The molecule has 18 heavy (non-hydrogen) atoms. The van der Waals surface area contributed by atoms with Gasteiger partial charge in [0.05, 0.1) is 6.61 Å². The Labute approximate surface area is 106 Å². The molecule has 0 radical (unpaired) electrons. The molecule has 1 aromatic heterocycles. The summed E-state index contributed by atoms with van der Waals surface area (Å²) in [4.78, 5) is 4.13. The van der Waals surface area contributed by atoms with Gasteiger partial charge in [0.25, 0.3) is 0 Å². The quantitative estimate of drug-likeness (QED) is 0.805. The first-order chi connectivity index (χ1) is 8.41. The van der Waals surface area contributed by atoms with Crippen molar-refractivity contribution < 1.29 is 18.3 Å². The third-order valence-electron chi connectivity index (χ3n) is 2.84. The lowest BCUT2D eigenvalue weighted by atomic mass is 10.0. The Morgan fingerprint density at radius 1 is 1.61 bits per heavy atom. The van der Waals surface area contributed by atoms with Crippen molar-refractivity contribution in [1.29, 1.82) is 0 Å². The zero-order valence-electron chi connectivity index (χ0n) is 10.1. The summed E-state index contributed by atoms with van der Waals surface area (Å²) in [5.41, 5.74) is -0.952. The molecule has 1 fully saturated rings. The van der Waals surface area contributed by atoms with Gasteiger partial charge in [-0.25, -0.2) is 13.4 Å². The Morgan fingerprint density at radius 3 is 3.00 bits per heavy atom. The number of aliphatic hydroxyl groups is 1. The van der Waals surface area contributed by atoms with Crippen LogP contribution in [0.25, 0.3) is 0 Å². The molecule has 7 heteroatoms. The van der Waals surface area contributed by atoms with E-state index in [1.807, 2.05) is 0 Å². The van der Waals surface area contributed by atoms with Crippen LogP contribution >= 0.6 is 0 Å². The number of pyridine rings is 1. The number of anilines is 1. The van der Waals surface area contributed by atoms with E-state index in [9.17, 15) is 13.5 Å². The lowest BCUT2D eigenvalue weighted by molar-refractivity contribution is 0.0381. The summed E-state index contributed by atoms with van der Waals surface area (Å²) < 4.78 is 28.2. The van der Waals surface area contributed by atoms with Gasteiger partial charge in [0.1, 0.15) is 16.3 Å². The van der Waals surface area contributed by atoms with Gasteiger partial charge in [0.2, 0.25) is 0 Å². The molecule has 1 unspecified atom stereocenters. The van der Waals surface area contributed by atoms with Crippen LogP contribution in [0.5, 0.6) is 0 Å². The van der Waals surface area contributed by atoms with Gasteiger partial charge in [0, 0.05) is 32.0 Å². The molecule has 2 rings (SSSR count). The van der Waals surface area contributed by atoms with Gasteiger partial charge in [-0.3, -0.25) is 0 Å². The summed E-state index contributed by atoms with van der Waals surface area (Å²) in [6, 6.07) is 3.05. The van der Waals surface area contributed by atoms with E-state index in [0.29, 0.717) is 13.0 Å². The van der Waals surface area contributed by atoms with Gasteiger partial charge < -0.3 is 15.2 Å². The highest BCUT2D eigenvalue weighted by atomic mass is 32.2. The average Bonchev–Trinajstić information content (AvgIpc) is 2.73. The van der Waals surface area contributed by atoms with E-state index in [4.69, 9.17) is 4.74 Å².